The van der Waals surface area contributed by atoms with Crippen LogP contribution in [-0.4, -0.2) is 63.4 Å². The molecule has 31 heavy (non-hydrogen) atoms. The predicted molar refractivity (Wildman–Crippen MR) is 121 cm³/mol. The summed E-state index contributed by atoms with van der Waals surface area (Å²) in [4.78, 5) is 9.05. The Labute approximate surface area is 183 Å². The lowest BCUT2D eigenvalue weighted by Gasteiger charge is -2.38. The van der Waals surface area contributed by atoms with Crippen molar-refractivity contribution in [3.8, 4) is 0 Å². The van der Waals surface area contributed by atoms with Crippen molar-refractivity contribution in [2.45, 2.75) is 25.7 Å². The van der Waals surface area contributed by atoms with Crippen LogP contribution in [0.2, 0.25) is 0 Å². The lowest BCUT2D eigenvalue weighted by molar-refractivity contribution is -0.0605. The summed E-state index contributed by atoms with van der Waals surface area (Å²) in [5, 5.41) is 3.48. The van der Waals surface area contributed by atoms with Gasteiger partial charge < -0.3 is 24.6 Å². The van der Waals surface area contributed by atoms with Crippen LogP contribution >= 0.6 is 0 Å². The van der Waals surface area contributed by atoms with E-state index < -0.39 is 0 Å². The summed E-state index contributed by atoms with van der Waals surface area (Å²) in [5.74, 6) is 0.612. The van der Waals surface area contributed by atoms with Crippen LogP contribution in [0.15, 0.2) is 53.5 Å². The van der Waals surface area contributed by atoms with Gasteiger partial charge in [-0.3, -0.25) is 4.99 Å². The molecule has 0 amide bonds. The average Bonchev–Trinajstić information content (AvgIpc) is 2.80. The Morgan fingerprint density at radius 1 is 1.06 bits per heavy atom. The van der Waals surface area contributed by atoms with Gasteiger partial charge in [-0.2, -0.15) is 0 Å². The fraction of sp³-hybridized carbons (Fsp3) is 0.458. The maximum atomic E-state index is 13.3. The first-order chi connectivity index (χ1) is 15.1. The molecule has 2 saturated heterocycles. The molecule has 0 radical (unpaired) electrons. The van der Waals surface area contributed by atoms with Crippen molar-refractivity contribution in [3.63, 3.8) is 0 Å². The molecule has 2 aromatic carbocycles. The largest absolute Gasteiger partial charge is 0.378 e. The van der Waals surface area contributed by atoms with Crippen molar-refractivity contribution in [1.29, 1.82) is 0 Å². The molecule has 2 fully saturated rings. The summed E-state index contributed by atoms with van der Waals surface area (Å²) in [7, 11) is 1.80. The number of anilines is 1. The van der Waals surface area contributed by atoms with Gasteiger partial charge in [-0.05, 0) is 42.3 Å². The first kappa shape index (κ1) is 21.6. The molecular formula is C24H31FN4O2. The van der Waals surface area contributed by atoms with Gasteiger partial charge in [0.1, 0.15) is 11.9 Å². The standard InChI is InChI=1S/C24H31FN4O2/c1-18-16-29(17-23(31-18)20-5-7-21(25)8-6-20)24(26-2)27-15-19-3-9-22(10-4-19)28-11-13-30-14-12-28/h3-10,18,23H,11-17H2,1-2H3,(H,26,27). The molecule has 7 heteroatoms. The van der Waals surface area contributed by atoms with Gasteiger partial charge in [0.15, 0.2) is 5.96 Å². The quantitative estimate of drug-likeness (QED) is 0.601. The number of ether oxygens (including phenoxy) is 2. The van der Waals surface area contributed by atoms with Gasteiger partial charge >= 0.3 is 0 Å². The number of guanidine groups is 1. The molecule has 4 rings (SSSR count). The summed E-state index contributed by atoms with van der Waals surface area (Å²) in [6.45, 7) is 7.64. The zero-order chi connectivity index (χ0) is 21.6. The minimum atomic E-state index is -0.235. The maximum Gasteiger partial charge on any atom is 0.194 e. The van der Waals surface area contributed by atoms with Gasteiger partial charge in [0.05, 0.1) is 25.9 Å². The molecule has 0 bridgehead atoms. The van der Waals surface area contributed by atoms with E-state index in [0.717, 1.165) is 44.4 Å². The molecule has 2 aromatic rings. The molecule has 2 aliphatic heterocycles. The number of nitrogens with zero attached hydrogens (tertiary/aromatic N) is 3. The highest BCUT2D eigenvalue weighted by atomic mass is 19.1. The Morgan fingerprint density at radius 2 is 1.77 bits per heavy atom. The van der Waals surface area contributed by atoms with E-state index in [0.29, 0.717) is 13.1 Å². The van der Waals surface area contributed by atoms with Crippen LogP contribution in [0.4, 0.5) is 10.1 Å². The molecule has 0 saturated carbocycles. The van der Waals surface area contributed by atoms with E-state index in [1.54, 1.807) is 19.2 Å². The Kier molecular flexibility index (Phi) is 7.04. The summed E-state index contributed by atoms with van der Waals surface area (Å²) >= 11 is 0. The molecule has 2 heterocycles. The first-order valence-electron chi connectivity index (χ1n) is 10.9. The zero-order valence-corrected chi connectivity index (χ0v) is 18.3. The minimum Gasteiger partial charge on any atom is -0.378 e. The predicted octanol–water partition coefficient (Wildman–Crippen LogP) is 3.20. The van der Waals surface area contributed by atoms with E-state index in [9.17, 15) is 4.39 Å². The molecule has 166 valence electrons. The molecule has 1 N–H and O–H groups in total. The Bertz CT molecular complexity index is 866. The van der Waals surface area contributed by atoms with Crippen LogP contribution in [0.25, 0.3) is 0 Å². The van der Waals surface area contributed by atoms with E-state index in [1.165, 1.54) is 23.4 Å². The zero-order valence-electron chi connectivity index (χ0n) is 18.3. The number of hydrogen-bond acceptors (Lipinski definition) is 4. The third-order valence-corrected chi connectivity index (χ3v) is 5.78. The highest BCUT2D eigenvalue weighted by Crippen LogP contribution is 2.25. The van der Waals surface area contributed by atoms with Gasteiger partial charge in [0.2, 0.25) is 0 Å². The fourth-order valence-electron chi connectivity index (χ4n) is 4.15. The van der Waals surface area contributed by atoms with E-state index in [4.69, 9.17) is 9.47 Å². The van der Waals surface area contributed by atoms with E-state index in [1.807, 2.05) is 0 Å². The van der Waals surface area contributed by atoms with Gasteiger partial charge in [0.25, 0.3) is 0 Å². The third kappa shape index (κ3) is 5.54. The molecule has 2 atom stereocenters. The Hall–Kier alpha value is -2.64. The SMILES string of the molecule is CN=C(NCc1ccc(N2CCOCC2)cc1)N1CC(C)OC(c2ccc(F)cc2)C1. The van der Waals surface area contributed by atoms with Crippen molar-refractivity contribution in [2.24, 2.45) is 4.99 Å². The number of morpholine rings is 2. The van der Waals surface area contributed by atoms with Gasteiger partial charge in [-0.1, -0.05) is 24.3 Å². The Morgan fingerprint density at radius 3 is 2.45 bits per heavy atom. The molecule has 2 unspecified atom stereocenters. The van der Waals surface area contributed by atoms with Crippen molar-refractivity contribution >= 4 is 11.6 Å². The minimum absolute atomic E-state index is 0.0511. The first-order valence-corrected chi connectivity index (χ1v) is 10.9. The number of rotatable bonds is 4. The second kappa shape index (κ2) is 10.1. The molecular weight excluding hydrogens is 395 g/mol. The summed E-state index contributed by atoms with van der Waals surface area (Å²) in [5.41, 5.74) is 3.42. The van der Waals surface area contributed by atoms with Crippen LogP contribution in [0.1, 0.15) is 24.2 Å². The number of aliphatic imine (C=N–C) groups is 1. The van der Waals surface area contributed by atoms with Gasteiger partial charge in [-0.15, -0.1) is 0 Å². The second-order valence-electron chi connectivity index (χ2n) is 8.06. The smallest absolute Gasteiger partial charge is 0.194 e. The maximum absolute atomic E-state index is 13.3. The van der Waals surface area contributed by atoms with E-state index in [-0.39, 0.29) is 18.0 Å². The van der Waals surface area contributed by atoms with E-state index >= 15 is 0 Å². The lowest BCUT2D eigenvalue weighted by Crippen LogP contribution is -2.50. The number of hydrogen-bond donors (Lipinski definition) is 1. The van der Waals surface area contributed by atoms with Crippen molar-refractivity contribution < 1.29 is 13.9 Å². The Balaban J connectivity index is 1.36. The summed E-state index contributed by atoms with van der Waals surface area (Å²) in [6.07, 6.45) is -0.0640. The van der Waals surface area contributed by atoms with E-state index in [2.05, 4.69) is 51.3 Å². The van der Waals surface area contributed by atoms with Gasteiger partial charge in [0, 0.05) is 38.9 Å². The average molecular weight is 427 g/mol. The van der Waals surface area contributed by atoms with Crippen molar-refractivity contribution in [3.05, 3.63) is 65.5 Å². The monoisotopic (exact) mass is 426 g/mol. The summed E-state index contributed by atoms with van der Waals surface area (Å²) < 4.78 is 24.8. The summed E-state index contributed by atoms with van der Waals surface area (Å²) in [6, 6.07) is 15.2. The molecule has 2 aliphatic rings. The molecule has 6 nitrogen and oxygen atoms in total. The fourth-order valence-corrected chi connectivity index (χ4v) is 4.15. The van der Waals surface area contributed by atoms with Crippen molar-refractivity contribution in [1.82, 2.24) is 10.2 Å². The molecule has 0 aliphatic carbocycles. The highest BCUT2D eigenvalue weighted by Gasteiger charge is 2.28. The molecule has 0 aromatic heterocycles. The second-order valence-corrected chi connectivity index (χ2v) is 8.06. The number of halogens is 1. The lowest BCUT2D eigenvalue weighted by atomic mass is 10.1. The van der Waals surface area contributed by atoms with Gasteiger partial charge in [-0.25, -0.2) is 4.39 Å². The van der Waals surface area contributed by atoms with Crippen LogP contribution in [0.3, 0.4) is 0 Å². The number of benzene rings is 2. The normalized spacial score (nSPS) is 22.5. The third-order valence-electron chi connectivity index (χ3n) is 5.78. The number of nitrogens with one attached hydrogen (secondary N) is 1. The topological polar surface area (TPSA) is 49.3 Å². The van der Waals surface area contributed by atoms with Crippen LogP contribution in [0.5, 0.6) is 0 Å². The highest BCUT2D eigenvalue weighted by molar-refractivity contribution is 5.80. The van der Waals surface area contributed by atoms with Crippen LogP contribution in [0, 0.1) is 5.82 Å². The molecule has 0 spiro atoms. The van der Waals surface area contributed by atoms with Crippen molar-refractivity contribution in [2.75, 3.05) is 51.3 Å². The van der Waals surface area contributed by atoms with Crippen LogP contribution in [-0.2, 0) is 16.0 Å². The van der Waals surface area contributed by atoms with Crippen LogP contribution < -0.4 is 10.2 Å².